The number of H-pyrrole nitrogens is 1. The molecule has 3 heterocycles. The van der Waals surface area contributed by atoms with Crippen molar-refractivity contribution in [1.29, 1.82) is 0 Å². The van der Waals surface area contributed by atoms with E-state index in [2.05, 4.69) is 37.7 Å². The Morgan fingerprint density at radius 2 is 1.84 bits per heavy atom. The maximum atomic E-state index is 14.4. The number of hydrogen-bond acceptors (Lipinski definition) is 6. The van der Waals surface area contributed by atoms with E-state index in [0.29, 0.717) is 23.4 Å². The first-order valence-electron chi connectivity index (χ1n) is 13.3. The quantitative estimate of drug-likeness (QED) is 0.215. The monoisotopic (exact) mass is 595 g/mol. The molecule has 0 aliphatic rings. The van der Waals surface area contributed by atoms with Crippen LogP contribution in [0.2, 0.25) is 5.02 Å². The molecule has 12 heteroatoms. The van der Waals surface area contributed by atoms with Crippen LogP contribution in [0.3, 0.4) is 0 Å². The molecule has 0 aliphatic carbocycles. The molecule has 0 fully saturated rings. The molecule has 1 atom stereocenters. The smallest absolute Gasteiger partial charge is 0.411 e. The third-order valence-corrected chi connectivity index (χ3v) is 7.25. The van der Waals surface area contributed by atoms with Crippen LogP contribution in [-0.4, -0.2) is 43.5 Å². The van der Waals surface area contributed by atoms with Gasteiger partial charge < -0.3 is 4.74 Å². The number of nitrogens with one attached hydrogen (secondary N) is 2. The molecule has 0 radical (unpaired) electrons. The van der Waals surface area contributed by atoms with Gasteiger partial charge in [-0.25, -0.2) is 9.18 Å². The van der Waals surface area contributed by atoms with E-state index in [1.54, 1.807) is 30.6 Å². The van der Waals surface area contributed by atoms with Gasteiger partial charge in [0.1, 0.15) is 16.6 Å². The predicted molar refractivity (Wildman–Crippen MR) is 158 cm³/mol. The molecule has 0 aliphatic heterocycles. The number of pyridine rings is 1. The minimum atomic E-state index is -0.557. The van der Waals surface area contributed by atoms with Gasteiger partial charge in [0, 0.05) is 47.3 Å². The van der Waals surface area contributed by atoms with Gasteiger partial charge in [0.05, 0.1) is 30.1 Å². The summed E-state index contributed by atoms with van der Waals surface area (Å²) in [5.74, 6) is -0.557. The molecule has 1 amide bonds. The highest BCUT2D eigenvalue weighted by molar-refractivity contribution is 6.31. The van der Waals surface area contributed by atoms with Crippen molar-refractivity contribution < 1.29 is 18.6 Å². The summed E-state index contributed by atoms with van der Waals surface area (Å²) >= 11 is 6.16. The number of halogens is 2. The largest absolute Gasteiger partial charge is 0.453 e. The van der Waals surface area contributed by atoms with Crippen LogP contribution in [0.1, 0.15) is 17.3 Å². The van der Waals surface area contributed by atoms with Crippen molar-refractivity contribution in [2.24, 2.45) is 0 Å². The summed E-state index contributed by atoms with van der Waals surface area (Å²) in [6, 6.07) is 24.1. The van der Waals surface area contributed by atoms with Crippen LogP contribution in [-0.2, 0) is 11.2 Å². The number of carbonyl (C=O) groups excluding carboxylic acids is 1. The molecule has 0 saturated carbocycles. The predicted octanol–water partition coefficient (Wildman–Crippen LogP) is 5.81. The molecule has 1 unspecified atom stereocenters. The SMILES string of the molecule is COC(=O)Nc1ccc(-c2cnn(C(Cc3ccccc3)c3ccc(-c4cc(Cl)c(F)cc4-[n+]4cnn[nH]4)cn3)c2)cc1. The van der Waals surface area contributed by atoms with Gasteiger partial charge in [-0.2, -0.15) is 5.10 Å². The molecule has 3 aromatic carbocycles. The summed E-state index contributed by atoms with van der Waals surface area (Å²) in [5, 5.41) is 17.6. The van der Waals surface area contributed by atoms with E-state index in [0.717, 1.165) is 27.9 Å². The van der Waals surface area contributed by atoms with Crippen molar-refractivity contribution in [3.05, 3.63) is 126 Å². The van der Waals surface area contributed by atoms with Crippen LogP contribution >= 0.6 is 11.6 Å². The van der Waals surface area contributed by atoms with Crippen molar-refractivity contribution >= 4 is 23.4 Å². The lowest BCUT2D eigenvalue weighted by Gasteiger charge is -2.18. The second-order valence-electron chi connectivity index (χ2n) is 9.66. The number of carbonyl (C=O) groups is 1. The number of methoxy groups -OCH3 is 1. The fourth-order valence-electron chi connectivity index (χ4n) is 4.77. The first-order valence-corrected chi connectivity index (χ1v) is 13.6. The number of rotatable bonds is 8. The molecule has 0 spiro atoms. The molecule has 6 aromatic rings. The number of aromatic nitrogens is 7. The lowest BCUT2D eigenvalue weighted by atomic mass is 10.0. The third-order valence-electron chi connectivity index (χ3n) is 6.96. The van der Waals surface area contributed by atoms with Crippen LogP contribution in [0, 0.1) is 5.82 Å². The molecule has 2 N–H and O–H groups in total. The average molecular weight is 596 g/mol. The number of hydrogen-bond donors (Lipinski definition) is 2. The van der Waals surface area contributed by atoms with Gasteiger partial charge in [-0.05, 0) is 35.4 Å². The normalized spacial score (nSPS) is 11.7. The highest BCUT2D eigenvalue weighted by Gasteiger charge is 2.20. The second kappa shape index (κ2) is 12.2. The van der Waals surface area contributed by atoms with Crippen LogP contribution < -0.4 is 10.00 Å². The number of nitrogens with zero attached hydrogens (tertiary/aromatic N) is 6. The van der Waals surface area contributed by atoms with Gasteiger partial charge in [-0.15, -0.1) is 4.68 Å². The molecular formula is C31H25ClFN8O2+. The summed E-state index contributed by atoms with van der Waals surface area (Å²) in [4.78, 5) is 16.3. The van der Waals surface area contributed by atoms with Crippen LogP contribution in [0.5, 0.6) is 0 Å². The van der Waals surface area contributed by atoms with Crippen molar-refractivity contribution in [1.82, 2.24) is 30.3 Å². The maximum absolute atomic E-state index is 14.4. The topological polar surface area (TPSA) is 114 Å². The zero-order valence-corrected chi connectivity index (χ0v) is 23.6. The van der Waals surface area contributed by atoms with Crippen molar-refractivity contribution in [3.63, 3.8) is 0 Å². The first-order chi connectivity index (χ1) is 21.0. The maximum Gasteiger partial charge on any atom is 0.411 e. The summed E-state index contributed by atoms with van der Waals surface area (Å²) in [6.07, 6.45) is 7.09. The number of anilines is 1. The van der Waals surface area contributed by atoms with Gasteiger partial charge >= 0.3 is 6.09 Å². The summed E-state index contributed by atoms with van der Waals surface area (Å²) in [5.41, 5.74) is 6.30. The second-order valence-corrected chi connectivity index (χ2v) is 10.1. The Morgan fingerprint density at radius 1 is 1.05 bits per heavy atom. The zero-order chi connectivity index (χ0) is 29.8. The van der Waals surface area contributed by atoms with E-state index < -0.39 is 11.9 Å². The van der Waals surface area contributed by atoms with E-state index in [1.807, 2.05) is 53.3 Å². The summed E-state index contributed by atoms with van der Waals surface area (Å²) in [6.45, 7) is 0. The van der Waals surface area contributed by atoms with Crippen molar-refractivity contribution in [3.8, 4) is 27.9 Å². The van der Waals surface area contributed by atoms with Crippen LogP contribution in [0.25, 0.3) is 27.9 Å². The Morgan fingerprint density at radius 3 is 2.53 bits per heavy atom. The Labute approximate surface area is 250 Å². The molecule has 214 valence electrons. The Hall–Kier alpha value is -5.42. The van der Waals surface area contributed by atoms with Crippen molar-refractivity contribution in [2.45, 2.75) is 12.5 Å². The van der Waals surface area contributed by atoms with E-state index in [1.165, 1.54) is 24.2 Å². The van der Waals surface area contributed by atoms with Crippen LogP contribution in [0.15, 0.2) is 104 Å². The number of aromatic amines is 1. The highest BCUT2D eigenvalue weighted by atomic mass is 35.5. The van der Waals surface area contributed by atoms with E-state index in [-0.39, 0.29) is 11.1 Å². The number of tetrazole rings is 1. The fourth-order valence-corrected chi connectivity index (χ4v) is 4.93. The van der Waals surface area contributed by atoms with Gasteiger partial charge in [0.15, 0.2) is 5.21 Å². The van der Waals surface area contributed by atoms with E-state index in [4.69, 9.17) is 21.7 Å². The Bertz CT molecular complexity index is 1840. The first kappa shape index (κ1) is 27.7. The van der Waals surface area contributed by atoms with E-state index >= 15 is 0 Å². The summed E-state index contributed by atoms with van der Waals surface area (Å²) in [7, 11) is 1.32. The number of amides is 1. The van der Waals surface area contributed by atoms with Gasteiger partial charge in [0.25, 0.3) is 6.33 Å². The number of benzene rings is 3. The van der Waals surface area contributed by atoms with Gasteiger partial charge in [0.2, 0.25) is 0 Å². The molecule has 0 bridgehead atoms. The molecule has 6 rings (SSSR count). The minimum Gasteiger partial charge on any atom is -0.453 e. The molecule has 0 saturated heterocycles. The van der Waals surface area contributed by atoms with Crippen LogP contribution in [0.4, 0.5) is 14.9 Å². The third kappa shape index (κ3) is 6.11. The zero-order valence-electron chi connectivity index (χ0n) is 22.9. The van der Waals surface area contributed by atoms with E-state index in [9.17, 15) is 9.18 Å². The summed E-state index contributed by atoms with van der Waals surface area (Å²) < 4.78 is 22.5. The van der Waals surface area contributed by atoms with Gasteiger partial charge in [-0.3, -0.25) is 15.0 Å². The lowest BCUT2D eigenvalue weighted by Crippen LogP contribution is -2.33. The Kier molecular flexibility index (Phi) is 7.88. The fraction of sp³-hybridized carbons (Fsp3) is 0.0968. The van der Waals surface area contributed by atoms with Gasteiger partial charge in [-0.1, -0.05) is 65.3 Å². The highest BCUT2D eigenvalue weighted by Crippen LogP contribution is 2.31. The standard InChI is InChI=1S/C31H24ClFN8O2/c1-43-31(42)37-24-10-7-21(8-11-24)23-17-36-40(18-23)30(13-20-5-3-2-4-6-20)28-12-9-22(16-34-28)25-14-26(32)27(33)15-29(25)41-19-35-38-39-41/h2-12,14-19,30H,13H2,1H3,(H,37,42)/p+1. The molecule has 43 heavy (non-hydrogen) atoms. The minimum absolute atomic E-state index is 0.00367. The Balaban J connectivity index is 1.33. The molecule has 3 aromatic heterocycles. The lowest BCUT2D eigenvalue weighted by molar-refractivity contribution is -0.659. The average Bonchev–Trinajstić information content (AvgIpc) is 3.76. The molecular weight excluding hydrogens is 571 g/mol. The number of ether oxygens (including phenoxy) is 1. The molecule has 10 nitrogen and oxygen atoms in total. The van der Waals surface area contributed by atoms with Crippen molar-refractivity contribution in [2.75, 3.05) is 12.4 Å².